The molecule has 1 fully saturated rings. The lowest BCUT2D eigenvalue weighted by Gasteiger charge is -2.15. The number of hydrogen-bond acceptors (Lipinski definition) is 2. The highest BCUT2D eigenvalue weighted by Gasteiger charge is 2.16. The second kappa shape index (κ2) is 7.04. The lowest BCUT2D eigenvalue weighted by molar-refractivity contribution is 0.744. The molecular formula is C14H19Cl2NS. The molecule has 1 aromatic carbocycles. The van der Waals surface area contributed by atoms with Gasteiger partial charge in [-0.15, -0.1) is 0 Å². The third-order valence-corrected chi connectivity index (χ3v) is 5.63. The van der Waals surface area contributed by atoms with Crippen LogP contribution in [0.15, 0.2) is 18.2 Å². The van der Waals surface area contributed by atoms with Gasteiger partial charge in [-0.1, -0.05) is 42.1 Å². The fraction of sp³-hybridized carbons (Fsp3) is 0.571. The minimum atomic E-state index is 0.202. The Morgan fingerprint density at radius 1 is 1.22 bits per heavy atom. The summed E-state index contributed by atoms with van der Waals surface area (Å²) in [6, 6.07) is 5.97. The number of rotatable bonds is 5. The van der Waals surface area contributed by atoms with Crippen LogP contribution in [0.2, 0.25) is 10.0 Å². The molecule has 1 saturated carbocycles. The maximum absolute atomic E-state index is 6.18. The standard InChI is InChI=1S/C14H19Cl2NS/c15-13-6-5-10(8-14(13)16)7-11(17)9-18-12-3-1-2-4-12/h5-6,8,11-12H,1-4,7,9,17H2. The summed E-state index contributed by atoms with van der Waals surface area (Å²) in [5.41, 5.74) is 7.35. The Labute approximate surface area is 123 Å². The van der Waals surface area contributed by atoms with Gasteiger partial charge in [0.2, 0.25) is 0 Å². The van der Waals surface area contributed by atoms with Crippen LogP contribution in [0.4, 0.5) is 0 Å². The monoisotopic (exact) mass is 303 g/mol. The normalized spacial score (nSPS) is 18.2. The number of hydrogen-bond donors (Lipinski definition) is 1. The molecule has 0 bridgehead atoms. The second-order valence-electron chi connectivity index (χ2n) is 4.95. The summed E-state index contributed by atoms with van der Waals surface area (Å²) in [5, 5.41) is 2.06. The number of benzene rings is 1. The van der Waals surface area contributed by atoms with Crippen molar-refractivity contribution < 1.29 is 0 Å². The number of halogens is 2. The maximum Gasteiger partial charge on any atom is 0.0595 e. The van der Waals surface area contributed by atoms with Gasteiger partial charge in [-0.05, 0) is 37.0 Å². The molecular weight excluding hydrogens is 285 g/mol. The van der Waals surface area contributed by atoms with Gasteiger partial charge in [-0.2, -0.15) is 11.8 Å². The van der Waals surface area contributed by atoms with Crippen molar-refractivity contribution in [3.05, 3.63) is 33.8 Å². The van der Waals surface area contributed by atoms with E-state index in [1.165, 1.54) is 31.2 Å². The highest BCUT2D eigenvalue weighted by atomic mass is 35.5. The Kier molecular flexibility index (Phi) is 5.68. The van der Waals surface area contributed by atoms with Gasteiger partial charge in [0.05, 0.1) is 10.0 Å². The van der Waals surface area contributed by atoms with E-state index in [9.17, 15) is 0 Å². The van der Waals surface area contributed by atoms with Crippen molar-refractivity contribution >= 4 is 35.0 Å². The van der Waals surface area contributed by atoms with Crippen LogP contribution in [0.25, 0.3) is 0 Å². The number of thioether (sulfide) groups is 1. The Hall–Kier alpha value is 0.110. The van der Waals surface area contributed by atoms with Crippen molar-refractivity contribution in [1.82, 2.24) is 0 Å². The average Bonchev–Trinajstić information content (AvgIpc) is 2.84. The fourth-order valence-corrected chi connectivity index (χ4v) is 3.97. The van der Waals surface area contributed by atoms with Gasteiger partial charge >= 0.3 is 0 Å². The molecule has 1 aromatic rings. The van der Waals surface area contributed by atoms with Crippen molar-refractivity contribution in [1.29, 1.82) is 0 Å². The topological polar surface area (TPSA) is 26.0 Å². The summed E-state index contributed by atoms with van der Waals surface area (Å²) in [6.45, 7) is 0. The van der Waals surface area contributed by atoms with E-state index in [1.807, 2.05) is 30.0 Å². The van der Waals surface area contributed by atoms with E-state index in [-0.39, 0.29) is 6.04 Å². The molecule has 1 aliphatic rings. The zero-order chi connectivity index (χ0) is 13.0. The molecule has 0 aliphatic heterocycles. The van der Waals surface area contributed by atoms with Gasteiger partial charge in [0.15, 0.2) is 0 Å². The molecule has 1 atom stereocenters. The van der Waals surface area contributed by atoms with E-state index in [1.54, 1.807) is 0 Å². The average molecular weight is 304 g/mol. The summed E-state index contributed by atoms with van der Waals surface area (Å²) < 4.78 is 0. The van der Waals surface area contributed by atoms with E-state index < -0.39 is 0 Å². The first-order chi connectivity index (χ1) is 8.65. The van der Waals surface area contributed by atoms with Crippen LogP contribution in [0, 0.1) is 0 Å². The van der Waals surface area contributed by atoms with Crippen molar-refractivity contribution in [2.75, 3.05) is 5.75 Å². The molecule has 2 N–H and O–H groups in total. The third kappa shape index (κ3) is 4.34. The van der Waals surface area contributed by atoms with Crippen LogP contribution >= 0.6 is 35.0 Å². The zero-order valence-electron chi connectivity index (χ0n) is 10.4. The maximum atomic E-state index is 6.18. The molecule has 0 spiro atoms. The quantitative estimate of drug-likeness (QED) is 0.864. The first kappa shape index (κ1) is 14.5. The van der Waals surface area contributed by atoms with Crippen LogP contribution in [0.1, 0.15) is 31.2 Å². The van der Waals surface area contributed by atoms with Gasteiger partial charge in [0.25, 0.3) is 0 Å². The van der Waals surface area contributed by atoms with Crippen molar-refractivity contribution in [3.8, 4) is 0 Å². The summed E-state index contributed by atoms with van der Waals surface area (Å²) in [5.74, 6) is 1.03. The molecule has 0 aromatic heterocycles. The van der Waals surface area contributed by atoms with Crippen molar-refractivity contribution in [2.45, 2.75) is 43.4 Å². The Bertz CT molecular complexity index is 391. The van der Waals surface area contributed by atoms with Crippen LogP contribution in [-0.2, 0) is 6.42 Å². The van der Waals surface area contributed by atoms with Crippen LogP contribution in [-0.4, -0.2) is 17.0 Å². The molecule has 1 aliphatic carbocycles. The number of nitrogens with two attached hydrogens (primary N) is 1. The highest BCUT2D eigenvalue weighted by molar-refractivity contribution is 7.99. The lowest BCUT2D eigenvalue weighted by Crippen LogP contribution is -2.26. The molecule has 4 heteroatoms. The van der Waals surface area contributed by atoms with E-state index in [0.717, 1.165) is 17.4 Å². The molecule has 18 heavy (non-hydrogen) atoms. The van der Waals surface area contributed by atoms with E-state index >= 15 is 0 Å². The molecule has 100 valence electrons. The van der Waals surface area contributed by atoms with E-state index in [2.05, 4.69) is 0 Å². The zero-order valence-corrected chi connectivity index (χ0v) is 12.7. The van der Waals surface area contributed by atoms with Crippen molar-refractivity contribution in [2.24, 2.45) is 5.73 Å². The summed E-state index contributed by atoms with van der Waals surface area (Å²) in [7, 11) is 0. The molecule has 0 radical (unpaired) electrons. The predicted molar refractivity (Wildman–Crippen MR) is 82.9 cm³/mol. The van der Waals surface area contributed by atoms with Crippen LogP contribution < -0.4 is 5.73 Å². The molecule has 0 amide bonds. The second-order valence-corrected chi connectivity index (χ2v) is 7.10. The predicted octanol–water partition coefficient (Wildman–Crippen LogP) is 4.54. The fourth-order valence-electron chi connectivity index (χ4n) is 2.34. The Balaban J connectivity index is 1.78. The highest BCUT2D eigenvalue weighted by Crippen LogP contribution is 2.30. The van der Waals surface area contributed by atoms with Gasteiger partial charge in [0.1, 0.15) is 0 Å². The SMILES string of the molecule is NC(CSC1CCCC1)Cc1ccc(Cl)c(Cl)c1. The molecule has 0 heterocycles. The van der Waals surface area contributed by atoms with Gasteiger partial charge in [-0.3, -0.25) is 0 Å². The molecule has 1 unspecified atom stereocenters. The first-order valence-electron chi connectivity index (χ1n) is 6.46. The molecule has 2 rings (SSSR count). The molecule has 1 nitrogen and oxygen atoms in total. The largest absolute Gasteiger partial charge is 0.327 e. The van der Waals surface area contributed by atoms with E-state index in [4.69, 9.17) is 28.9 Å². The van der Waals surface area contributed by atoms with Gasteiger partial charge < -0.3 is 5.73 Å². The Morgan fingerprint density at radius 2 is 1.94 bits per heavy atom. The lowest BCUT2D eigenvalue weighted by atomic mass is 10.1. The van der Waals surface area contributed by atoms with Gasteiger partial charge in [-0.25, -0.2) is 0 Å². The van der Waals surface area contributed by atoms with Gasteiger partial charge in [0, 0.05) is 17.0 Å². The minimum Gasteiger partial charge on any atom is -0.327 e. The summed E-state index contributed by atoms with van der Waals surface area (Å²) in [6.07, 6.45) is 6.38. The Morgan fingerprint density at radius 3 is 2.61 bits per heavy atom. The van der Waals surface area contributed by atoms with Crippen molar-refractivity contribution in [3.63, 3.8) is 0 Å². The molecule has 0 saturated heterocycles. The summed E-state index contributed by atoms with van der Waals surface area (Å²) >= 11 is 13.9. The van der Waals surface area contributed by atoms with E-state index in [0.29, 0.717) is 10.0 Å². The first-order valence-corrected chi connectivity index (χ1v) is 8.26. The van der Waals surface area contributed by atoms with Crippen LogP contribution in [0.5, 0.6) is 0 Å². The smallest absolute Gasteiger partial charge is 0.0595 e. The summed E-state index contributed by atoms with van der Waals surface area (Å²) in [4.78, 5) is 0. The van der Waals surface area contributed by atoms with Crippen LogP contribution in [0.3, 0.4) is 0 Å². The third-order valence-electron chi connectivity index (χ3n) is 3.33. The minimum absolute atomic E-state index is 0.202.